The molecular formula is C10H13FN+. The molecule has 0 unspecified atom stereocenters. The summed E-state index contributed by atoms with van der Waals surface area (Å²) < 4.78 is 13.2. The van der Waals surface area contributed by atoms with Gasteiger partial charge in [-0.25, -0.2) is 4.39 Å². The Balaban J connectivity index is 2.26. The lowest BCUT2D eigenvalue weighted by Gasteiger charge is -2.06. The zero-order valence-corrected chi connectivity index (χ0v) is 6.96. The third-order valence-corrected chi connectivity index (χ3v) is 2.52. The molecule has 2 N–H and O–H groups in total. The second-order valence-corrected chi connectivity index (χ2v) is 3.32. The lowest BCUT2D eigenvalue weighted by Crippen LogP contribution is -2.81. The van der Waals surface area contributed by atoms with Crippen molar-refractivity contribution >= 4 is 0 Å². The Labute approximate surface area is 71.6 Å². The molecule has 1 aliphatic heterocycles. The van der Waals surface area contributed by atoms with E-state index in [0.29, 0.717) is 5.92 Å². The summed E-state index contributed by atoms with van der Waals surface area (Å²) in [5.41, 5.74) is 0.895. The monoisotopic (exact) mass is 166 g/mol. The Hall–Kier alpha value is -0.890. The second kappa shape index (κ2) is 3.23. The molecule has 1 heterocycles. The van der Waals surface area contributed by atoms with Crippen molar-refractivity contribution in [2.24, 2.45) is 0 Å². The molecule has 2 heteroatoms. The number of nitrogens with two attached hydrogens (primary N) is 1. The Morgan fingerprint density at radius 1 is 1.33 bits per heavy atom. The van der Waals surface area contributed by atoms with Gasteiger partial charge in [0.05, 0.1) is 13.1 Å². The van der Waals surface area contributed by atoms with Crippen LogP contribution in [0.4, 0.5) is 4.39 Å². The van der Waals surface area contributed by atoms with Crippen molar-refractivity contribution in [1.82, 2.24) is 0 Å². The van der Waals surface area contributed by atoms with Crippen LogP contribution in [-0.4, -0.2) is 13.1 Å². The molecule has 0 aliphatic carbocycles. The van der Waals surface area contributed by atoms with Crippen LogP contribution in [-0.2, 0) is 0 Å². The quantitative estimate of drug-likeness (QED) is 0.637. The zero-order valence-electron chi connectivity index (χ0n) is 6.96. The lowest BCUT2D eigenvalue weighted by molar-refractivity contribution is -0.636. The summed E-state index contributed by atoms with van der Waals surface area (Å²) in [7, 11) is 0. The fourth-order valence-electron chi connectivity index (χ4n) is 1.84. The number of quaternary nitrogens is 1. The maximum Gasteiger partial charge on any atom is 0.126 e. The van der Waals surface area contributed by atoms with Crippen LogP contribution in [0, 0.1) is 5.82 Å². The Kier molecular flexibility index (Phi) is 2.09. The summed E-state index contributed by atoms with van der Waals surface area (Å²) >= 11 is 0. The second-order valence-electron chi connectivity index (χ2n) is 3.32. The normalized spacial score (nSPS) is 22.9. The molecule has 1 aliphatic rings. The van der Waals surface area contributed by atoms with Crippen LogP contribution in [0.1, 0.15) is 17.9 Å². The highest BCUT2D eigenvalue weighted by molar-refractivity contribution is 5.22. The van der Waals surface area contributed by atoms with Gasteiger partial charge < -0.3 is 5.32 Å². The molecule has 1 fully saturated rings. The molecule has 1 saturated heterocycles. The maximum absolute atomic E-state index is 13.2. The molecule has 12 heavy (non-hydrogen) atoms. The van der Waals surface area contributed by atoms with Gasteiger partial charge in [-0.05, 0) is 11.6 Å². The minimum absolute atomic E-state index is 0.0437. The highest BCUT2D eigenvalue weighted by Gasteiger charge is 2.22. The summed E-state index contributed by atoms with van der Waals surface area (Å²) in [5, 5.41) is 2.25. The molecule has 1 aromatic carbocycles. The number of hydrogen-bond donors (Lipinski definition) is 1. The Bertz CT molecular complexity index is 266. The molecule has 0 aromatic heterocycles. The van der Waals surface area contributed by atoms with Gasteiger partial charge in [0, 0.05) is 12.3 Å². The number of halogens is 1. The van der Waals surface area contributed by atoms with Crippen LogP contribution in [0.15, 0.2) is 24.3 Å². The van der Waals surface area contributed by atoms with Gasteiger partial charge in [0.25, 0.3) is 0 Å². The standard InChI is InChI=1S/C10H12FN/c11-10-4-2-1-3-9(10)8-5-6-12-7-8/h1-4,8,12H,5-7H2/p+1/t8-/m1/s1. The van der Waals surface area contributed by atoms with Crippen molar-refractivity contribution in [2.45, 2.75) is 12.3 Å². The van der Waals surface area contributed by atoms with E-state index in [-0.39, 0.29) is 5.82 Å². The topological polar surface area (TPSA) is 16.6 Å². The van der Waals surface area contributed by atoms with Crippen LogP contribution >= 0.6 is 0 Å². The first-order valence-corrected chi connectivity index (χ1v) is 4.44. The molecular weight excluding hydrogens is 153 g/mol. The first-order chi connectivity index (χ1) is 5.88. The zero-order chi connectivity index (χ0) is 8.39. The maximum atomic E-state index is 13.2. The molecule has 64 valence electrons. The summed E-state index contributed by atoms with van der Waals surface area (Å²) in [6.07, 6.45) is 1.11. The molecule has 0 amide bonds. The van der Waals surface area contributed by atoms with Gasteiger partial charge in [0.1, 0.15) is 5.82 Å². The average Bonchev–Trinajstić information content (AvgIpc) is 2.57. The van der Waals surface area contributed by atoms with E-state index < -0.39 is 0 Å². The minimum atomic E-state index is -0.0437. The van der Waals surface area contributed by atoms with E-state index in [1.807, 2.05) is 12.1 Å². The predicted octanol–water partition coefficient (Wildman–Crippen LogP) is 0.876. The van der Waals surface area contributed by atoms with E-state index in [0.717, 1.165) is 25.1 Å². The van der Waals surface area contributed by atoms with E-state index in [2.05, 4.69) is 5.32 Å². The fraction of sp³-hybridized carbons (Fsp3) is 0.400. The van der Waals surface area contributed by atoms with Crippen LogP contribution < -0.4 is 5.32 Å². The number of hydrogen-bond acceptors (Lipinski definition) is 0. The third kappa shape index (κ3) is 1.34. The fourth-order valence-corrected chi connectivity index (χ4v) is 1.84. The van der Waals surface area contributed by atoms with Crippen molar-refractivity contribution in [2.75, 3.05) is 13.1 Å². The number of benzene rings is 1. The third-order valence-electron chi connectivity index (χ3n) is 2.52. The van der Waals surface area contributed by atoms with E-state index >= 15 is 0 Å². The molecule has 0 bridgehead atoms. The van der Waals surface area contributed by atoms with Gasteiger partial charge in [0.2, 0.25) is 0 Å². The smallest absolute Gasteiger partial charge is 0.126 e. The van der Waals surface area contributed by atoms with Crippen LogP contribution in [0.3, 0.4) is 0 Å². The van der Waals surface area contributed by atoms with Gasteiger partial charge in [-0.3, -0.25) is 0 Å². The van der Waals surface area contributed by atoms with Gasteiger partial charge in [0.15, 0.2) is 0 Å². The summed E-state index contributed by atoms with van der Waals surface area (Å²) in [5.74, 6) is 0.393. The molecule has 1 nitrogen and oxygen atoms in total. The van der Waals surface area contributed by atoms with Gasteiger partial charge in [-0.15, -0.1) is 0 Å². The highest BCUT2D eigenvalue weighted by Crippen LogP contribution is 2.21. The van der Waals surface area contributed by atoms with Crippen LogP contribution in [0.2, 0.25) is 0 Å². The van der Waals surface area contributed by atoms with E-state index in [4.69, 9.17) is 0 Å². The van der Waals surface area contributed by atoms with E-state index in [9.17, 15) is 4.39 Å². The molecule has 0 spiro atoms. The first kappa shape index (κ1) is 7.74. The molecule has 1 atom stereocenters. The van der Waals surface area contributed by atoms with Gasteiger partial charge >= 0.3 is 0 Å². The molecule has 0 saturated carbocycles. The summed E-state index contributed by atoms with van der Waals surface area (Å²) in [6, 6.07) is 7.11. The van der Waals surface area contributed by atoms with Crippen LogP contribution in [0.5, 0.6) is 0 Å². The Morgan fingerprint density at radius 3 is 2.83 bits per heavy atom. The Morgan fingerprint density at radius 2 is 2.17 bits per heavy atom. The first-order valence-electron chi connectivity index (χ1n) is 4.44. The van der Waals surface area contributed by atoms with Gasteiger partial charge in [-0.2, -0.15) is 0 Å². The number of rotatable bonds is 1. The SMILES string of the molecule is Fc1ccccc1[C@@H]1CC[NH2+]C1. The predicted molar refractivity (Wildman–Crippen MR) is 45.4 cm³/mol. The van der Waals surface area contributed by atoms with Crippen molar-refractivity contribution in [3.05, 3.63) is 35.6 Å². The van der Waals surface area contributed by atoms with Crippen LogP contribution in [0.25, 0.3) is 0 Å². The van der Waals surface area contributed by atoms with E-state index in [1.165, 1.54) is 0 Å². The highest BCUT2D eigenvalue weighted by atomic mass is 19.1. The summed E-state index contributed by atoms with van der Waals surface area (Å²) in [4.78, 5) is 0. The largest absolute Gasteiger partial charge is 0.346 e. The van der Waals surface area contributed by atoms with Gasteiger partial charge in [-0.1, -0.05) is 18.2 Å². The van der Waals surface area contributed by atoms with Crippen molar-refractivity contribution < 1.29 is 9.71 Å². The molecule has 1 aromatic rings. The summed E-state index contributed by atoms with van der Waals surface area (Å²) in [6.45, 7) is 2.18. The van der Waals surface area contributed by atoms with Crippen molar-refractivity contribution in [3.63, 3.8) is 0 Å². The van der Waals surface area contributed by atoms with E-state index in [1.54, 1.807) is 12.1 Å². The van der Waals surface area contributed by atoms with Crippen molar-refractivity contribution in [3.8, 4) is 0 Å². The lowest BCUT2D eigenvalue weighted by atomic mass is 9.98. The average molecular weight is 166 g/mol. The molecule has 2 rings (SSSR count). The minimum Gasteiger partial charge on any atom is -0.346 e. The van der Waals surface area contributed by atoms with Crippen molar-refractivity contribution in [1.29, 1.82) is 0 Å². The molecule has 0 radical (unpaired) electrons.